The van der Waals surface area contributed by atoms with Crippen molar-refractivity contribution in [1.29, 1.82) is 0 Å². The number of aryl methyl sites for hydroxylation is 1. The fourth-order valence-electron chi connectivity index (χ4n) is 6.25. The lowest BCUT2D eigenvalue weighted by Gasteiger charge is -2.51. The maximum absolute atomic E-state index is 13.4. The zero-order valence-electron chi connectivity index (χ0n) is 23.5. The molecule has 40 heavy (non-hydrogen) atoms. The molecule has 0 aliphatic carbocycles. The van der Waals surface area contributed by atoms with E-state index in [1.807, 2.05) is 23.1 Å². The summed E-state index contributed by atoms with van der Waals surface area (Å²) < 4.78 is 12.5. The smallest absolute Gasteiger partial charge is 0.332 e. The van der Waals surface area contributed by atoms with E-state index in [0.717, 1.165) is 15.6 Å². The van der Waals surface area contributed by atoms with Gasteiger partial charge in [0.2, 0.25) is 0 Å². The predicted molar refractivity (Wildman–Crippen MR) is 148 cm³/mol. The Hall–Kier alpha value is -3.77. The van der Waals surface area contributed by atoms with Gasteiger partial charge in [-0.2, -0.15) is 0 Å². The van der Waals surface area contributed by atoms with Crippen LogP contribution in [0.15, 0.2) is 40.4 Å². The third-order valence-corrected chi connectivity index (χ3v) is 8.80. The monoisotopic (exact) mass is 549 g/mol. The van der Waals surface area contributed by atoms with E-state index in [1.54, 1.807) is 24.9 Å². The molecule has 5 heterocycles. The molecular weight excluding hydrogens is 514 g/mol. The Balaban J connectivity index is 1.24. The van der Waals surface area contributed by atoms with Gasteiger partial charge in [0.1, 0.15) is 5.60 Å². The number of rotatable bonds is 3. The molecule has 1 amide bonds. The van der Waals surface area contributed by atoms with Gasteiger partial charge in [-0.3, -0.25) is 18.7 Å². The van der Waals surface area contributed by atoms with Crippen LogP contribution in [0.4, 0.5) is 0 Å². The summed E-state index contributed by atoms with van der Waals surface area (Å²) in [5, 5.41) is 11.4. The van der Waals surface area contributed by atoms with Crippen molar-refractivity contribution in [3.05, 3.63) is 57.3 Å². The van der Waals surface area contributed by atoms with Crippen molar-refractivity contribution in [2.75, 3.05) is 19.7 Å². The van der Waals surface area contributed by atoms with Crippen LogP contribution in [-0.4, -0.2) is 75.0 Å². The molecule has 2 aliphatic rings. The van der Waals surface area contributed by atoms with Crippen LogP contribution < -0.4 is 11.2 Å². The minimum atomic E-state index is -1.26. The lowest BCUT2D eigenvalue weighted by Crippen LogP contribution is -2.57. The van der Waals surface area contributed by atoms with Crippen LogP contribution in [0, 0.1) is 0 Å². The second-order valence-corrected chi connectivity index (χ2v) is 11.8. The zero-order chi connectivity index (χ0) is 28.6. The quantitative estimate of drug-likeness (QED) is 0.412. The van der Waals surface area contributed by atoms with Crippen LogP contribution in [0.2, 0.25) is 0 Å². The number of carbonyl (C=O) groups excluding carboxylic acids is 1. The van der Waals surface area contributed by atoms with Gasteiger partial charge in [-0.25, -0.2) is 14.8 Å². The molecule has 1 aromatic carbocycles. The number of aliphatic hydroxyl groups is 1. The number of hydrogen-bond acceptors (Lipinski definition) is 7. The first-order valence-corrected chi connectivity index (χ1v) is 13.7. The van der Waals surface area contributed by atoms with Gasteiger partial charge in [0, 0.05) is 45.2 Å². The lowest BCUT2D eigenvalue weighted by molar-refractivity contribution is -0.198. The average Bonchev–Trinajstić information content (AvgIpc) is 3.57. The number of hydrogen-bond donors (Lipinski definition) is 1. The van der Waals surface area contributed by atoms with E-state index in [1.165, 1.54) is 17.9 Å². The normalized spacial score (nSPS) is 23.1. The van der Waals surface area contributed by atoms with Crippen LogP contribution in [0.25, 0.3) is 22.2 Å². The molecule has 0 bridgehead atoms. The molecule has 1 spiro atoms. The summed E-state index contributed by atoms with van der Waals surface area (Å²) in [6.45, 7) is 6.97. The van der Waals surface area contributed by atoms with Gasteiger partial charge in [-0.1, -0.05) is 0 Å². The van der Waals surface area contributed by atoms with E-state index in [-0.39, 0.29) is 29.7 Å². The number of aromatic nitrogens is 6. The average molecular weight is 550 g/mol. The van der Waals surface area contributed by atoms with E-state index >= 15 is 0 Å². The molecule has 1 N–H and O–H groups in total. The molecule has 3 aromatic heterocycles. The van der Waals surface area contributed by atoms with E-state index in [2.05, 4.69) is 28.4 Å². The zero-order valence-corrected chi connectivity index (χ0v) is 23.5. The molecule has 12 heteroatoms. The first kappa shape index (κ1) is 26.5. The molecule has 2 atom stereocenters. The van der Waals surface area contributed by atoms with Gasteiger partial charge in [-0.15, -0.1) is 0 Å². The molecule has 4 aromatic rings. The van der Waals surface area contributed by atoms with Crippen molar-refractivity contribution >= 4 is 28.1 Å². The number of nitrogens with zero attached hydrogens (tertiary/aromatic N) is 7. The van der Waals surface area contributed by atoms with Crippen molar-refractivity contribution < 1.29 is 14.6 Å². The van der Waals surface area contributed by atoms with Gasteiger partial charge in [0.15, 0.2) is 11.2 Å². The minimum absolute atomic E-state index is 0.0415. The van der Waals surface area contributed by atoms with Crippen LogP contribution in [-0.2, 0) is 18.8 Å². The standard InChI is InChI=1S/C28H35N7O5/c1-17(2)34-15-29-19-12-18(6-7-20(19)34)24(36)33-10-8-28(9-11-33)13-21(27(3,39)14-40-28)35-16-30-23-22(35)25(37)32(5)26(38)31(23)4/h6-7,12,15-17,21,39H,8-11,13-14H2,1-5H3/t21-,27-/m0/s1. The Morgan fingerprint density at radius 2 is 1.82 bits per heavy atom. The van der Waals surface area contributed by atoms with E-state index in [0.29, 0.717) is 37.9 Å². The molecule has 2 aliphatic heterocycles. The summed E-state index contributed by atoms with van der Waals surface area (Å²) in [7, 11) is 3.01. The van der Waals surface area contributed by atoms with Gasteiger partial charge < -0.3 is 23.9 Å². The Morgan fingerprint density at radius 3 is 2.52 bits per heavy atom. The number of ether oxygens (including phenoxy) is 1. The molecule has 0 saturated carbocycles. The minimum Gasteiger partial charge on any atom is -0.386 e. The van der Waals surface area contributed by atoms with Crippen molar-refractivity contribution in [3.63, 3.8) is 0 Å². The Morgan fingerprint density at radius 1 is 1.10 bits per heavy atom. The number of carbonyl (C=O) groups is 1. The highest BCUT2D eigenvalue weighted by atomic mass is 16.5. The van der Waals surface area contributed by atoms with E-state index in [9.17, 15) is 19.5 Å². The summed E-state index contributed by atoms with van der Waals surface area (Å²) in [6, 6.07) is 5.44. The summed E-state index contributed by atoms with van der Waals surface area (Å²) in [4.78, 5) is 49.6. The summed E-state index contributed by atoms with van der Waals surface area (Å²) >= 11 is 0. The molecule has 12 nitrogen and oxygen atoms in total. The van der Waals surface area contributed by atoms with E-state index < -0.39 is 28.5 Å². The Bertz CT molecular complexity index is 1750. The molecule has 0 radical (unpaired) electrons. The first-order chi connectivity index (χ1) is 18.9. The molecular formula is C28H35N7O5. The SMILES string of the molecule is CC(C)n1cnc2cc(C(=O)N3CCC4(CC3)C[C@H](n3cnc5c3c(=O)n(C)c(=O)n5C)[C@@](C)(O)CO4)ccc21. The van der Waals surface area contributed by atoms with Crippen LogP contribution in [0.1, 0.15) is 62.5 Å². The van der Waals surface area contributed by atoms with Crippen molar-refractivity contribution in [1.82, 2.24) is 33.1 Å². The van der Waals surface area contributed by atoms with Gasteiger partial charge in [0.05, 0.1) is 41.9 Å². The topological polar surface area (TPSA) is 129 Å². The summed E-state index contributed by atoms with van der Waals surface area (Å²) in [5.74, 6) is -0.0415. The first-order valence-electron chi connectivity index (χ1n) is 13.7. The highest BCUT2D eigenvalue weighted by molar-refractivity contribution is 5.97. The third-order valence-electron chi connectivity index (χ3n) is 8.80. The molecule has 212 valence electrons. The van der Waals surface area contributed by atoms with Crippen molar-refractivity contribution in [2.24, 2.45) is 14.1 Å². The third kappa shape index (κ3) is 4.00. The highest BCUT2D eigenvalue weighted by Gasteiger charge is 2.50. The summed E-state index contributed by atoms with van der Waals surface area (Å²) in [6.07, 6.45) is 4.97. The fourth-order valence-corrected chi connectivity index (χ4v) is 6.25. The number of likely N-dealkylation sites (tertiary alicyclic amines) is 1. The number of imidazole rings is 2. The van der Waals surface area contributed by atoms with Crippen LogP contribution in [0.3, 0.4) is 0 Å². The fraction of sp³-hybridized carbons (Fsp3) is 0.536. The second-order valence-electron chi connectivity index (χ2n) is 11.8. The highest BCUT2D eigenvalue weighted by Crippen LogP contribution is 2.44. The Kier molecular flexibility index (Phi) is 6.04. The van der Waals surface area contributed by atoms with Crippen LogP contribution in [0.5, 0.6) is 0 Å². The summed E-state index contributed by atoms with van der Waals surface area (Å²) in [5.41, 5.74) is 0.214. The maximum atomic E-state index is 13.4. The van der Waals surface area contributed by atoms with Gasteiger partial charge in [-0.05, 0) is 51.8 Å². The van der Waals surface area contributed by atoms with Gasteiger partial charge >= 0.3 is 5.69 Å². The number of fused-ring (bicyclic) bond motifs is 2. The number of amides is 1. The maximum Gasteiger partial charge on any atom is 0.332 e. The van der Waals surface area contributed by atoms with Crippen molar-refractivity contribution in [3.8, 4) is 0 Å². The molecule has 2 fully saturated rings. The van der Waals surface area contributed by atoms with Gasteiger partial charge in [0.25, 0.3) is 11.5 Å². The second kappa shape index (κ2) is 9.13. The lowest BCUT2D eigenvalue weighted by atomic mass is 9.77. The van der Waals surface area contributed by atoms with Crippen molar-refractivity contribution in [2.45, 2.75) is 63.3 Å². The molecule has 6 rings (SSSR count). The number of benzene rings is 1. The number of piperidine rings is 1. The van der Waals surface area contributed by atoms with Crippen LogP contribution >= 0.6 is 0 Å². The van der Waals surface area contributed by atoms with E-state index in [4.69, 9.17) is 4.74 Å². The largest absolute Gasteiger partial charge is 0.386 e. The molecule has 0 unspecified atom stereocenters. The molecule has 2 saturated heterocycles. The predicted octanol–water partition coefficient (Wildman–Crippen LogP) is 1.75. The Labute approximate surface area is 230 Å².